The molecule has 2 aliphatic heterocycles. The van der Waals surface area contributed by atoms with Crippen LogP contribution >= 0.6 is 31.9 Å². The number of likely N-dealkylation sites (tertiary alicyclic amines) is 1. The second-order valence-electron chi connectivity index (χ2n) is 4.88. The third-order valence-electron chi connectivity index (χ3n) is 3.63. The fourth-order valence-corrected chi connectivity index (χ4v) is 3.99. The van der Waals surface area contributed by atoms with E-state index >= 15 is 0 Å². The average molecular weight is 402 g/mol. The van der Waals surface area contributed by atoms with Crippen LogP contribution in [0, 0.1) is 0 Å². The Morgan fingerprint density at radius 3 is 3.00 bits per heavy atom. The summed E-state index contributed by atoms with van der Waals surface area (Å²) in [5.41, 5.74) is 2.43. The van der Waals surface area contributed by atoms with Crippen molar-refractivity contribution < 1.29 is 9.53 Å². The number of hydrogen-bond acceptors (Lipinski definition) is 3. The summed E-state index contributed by atoms with van der Waals surface area (Å²) in [6, 6.07) is 3.89. The molecule has 1 aromatic carbocycles. The van der Waals surface area contributed by atoms with Gasteiger partial charge in [-0.1, -0.05) is 15.9 Å². The van der Waals surface area contributed by atoms with Gasteiger partial charge in [-0.15, -0.1) is 0 Å². The highest BCUT2D eigenvalue weighted by atomic mass is 79.9. The van der Waals surface area contributed by atoms with Crippen LogP contribution < -0.4 is 5.32 Å². The number of carbonyl (C=O) groups excluding carboxylic acids is 1. The number of methoxy groups -OCH3 is 1. The first kappa shape index (κ1) is 14.1. The average Bonchev–Trinajstić information content (AvgIpc) is 2.97. The van der Waals surface area contributed by atoms with Crippen molar-refractivity contribution in [3.63, 3.8) is 0 Å². The fraction of sp³-hybridized carbons (Fsp3) is 0.357. The number of rotatable bonds is 2. The van der Waals surface area contributed by atoms with Crippen molar-refractivity contribution in [1.29, 1.82) is 0 Å². The van der Waals surface area contributed by atoms with E-state index in [2.05, 4.69) is 42.1 Å². The molecular weight excluding hydrogens is 388 g/mol. The maximum Gasteiger partial charge on any atom is 0.257 e. The van der Waals surface area contributed by atoms with Crippen molar-refractivity contribution in [3.8, 4) is 0 Å². The molecule has 0 spiro atoms. The highest BCUT2D eigenvalue weighted by Gasteiger charge is 2.29. The normalized spacial score (nSPS) is 23.4. The first-order valence-electron chi connectivity index (χ1n) is 6.41. The summed E-state index contributed by atoms with van der Waals surface area (Å²) < 4.78 is 7.25. The SMILES string of the molecule is COC1CCCN1C=C1C(=O)Nc2c(Br)cc(Br)cc21. The fourth-order valence-electron chi connectivity index (χ4n) is 2.67. The van der Waals surface area contributed by atoms with Crippen molar-refractivity contribution in [3.05, 3.63) is 32.8 Å². The molecular formula is C14H14Br2N2O2. The third-order valence-corrected chi connectivity index (χ3v) is 4.72. The lowest BCUT2D eigenvalue weighted by atomic mass is 10.1. The van der Waals surface area contributed by atoms with Crippen LogP contribution in [0.5, 0.6) is 0 Å². The van der Waals surface area contributed by atoms with E-state index in [1.807, 2.05) is 18.3 Å². The van der Waals surface area contributed by atoms with E-state index in [1.165, 1.54) is 0 Å². The van der Waals surface area contributed by atoms with Gasteiger partial charge >= 0.3 is 0 Å². The van der Waals surface area contributed by atoms with Gasteiger partial charge in [-0.25, -0.2) is 0 Å². The van der Waals surface area contributed by atoms with Gasteiger partial charge < -0.3 is 15.0 Å². The molecule has 1 aromatic rings. The molecule has 1 fully saturated rings. The minimum absolute atomic E-state index is 0.0648. The van der Waals surface area contributed by atoms with Gasteiger partial charge in [0.2, 0.25) is 0 Å². The quantitative estimate of drug-likeness (QED) is 0.770. The molecule has 1 atom stereocenters. The molecule has 0 aromatic heterocycles. The van der Waals surface area contributed by atoms with E-state index in [-0.39, 0.29) is 12.1 Å². The van der Waals surface area contributed by atoms with Crippen LogP contribution in [-0.4, -0.2) is 30.7 Å². The summed E-state index contributed by atoms with van der Waals surface area (Å²) in [5.74, 6) is -0.0689. The molecule has 3 rings (SSSR count). The number of hydrogen-bond donors (Lipinski definition) is 1. The van der Waals surface area contributed by atoms with Gasteiger partial charge in [0.25, 0.3) is 5.91 Å². The lowest BCUT2D eigenvalue weighted by Crippen LogP contribution is -2.26. The number of ether oxygens (including phenoxy) is 1. The molecule has 1 saturated heterocycles. The largest absolute Gasteiger partial charge is 0.362 e. The van der Waals surface area contributed by atoms with E-state index < -0.39 is 0 Å². The van der Waals surface area contributed by atoms with Crippen molar-refractivity contribution in [1.82, 2.24) is 4.90 Å². The van der Waals surface area contributed by atoms with Gasteiger partial charge in [-0.2, -0.15) is 0 Å². The minimum Gasteiger partial charge on any atom is -0.362 e. The summed E-state index contributed by atoms with van der Waals surface area (Å²) in [6.45, 7) is 0.916. The second-order valence-corrected chi connectivity index (χ2v) is 6.65. The van der Waals surface area contributed by atoms with E-state index in [9.17, 15) is 4.79 Å². The maximum absolute atomic E-state index is 12.2. The lowest BCUT2D eigenvalue weighted by Gasteiger charge is -2.21. The Morgan fingerprint density at radius 2 is 2.25 bits per heavy atom. The molecule has 2 aliphatic rings. The third kappa shape index (κ3) is 2.40. The number of nitrogens with zero attached hydrogens (tertiary/aromatic N) is 1. The van der Waals surface area contributed by atoms with Gasteiger partial charge in [0.05, 0.1) is 11.3 Å². The van der Waals surface area contributed by atoms with Crippen LogP contribution in [0.3, 0.4) is 0 Å². The van der Waals surface area contributed by atoms with Crippen LogP contribution in [0.4, 0.5) is 5.69 Å². The molecule has 6 heteroatoms. The maximum atomic E-state index is 12.2. The minimum atomic E-state index is -0.0689. The highest BCUT2D eigenvalue weighted by molar-refractivity contribution is 9.11. The zero-order valence-electron chi connectivity index (χ0n) is 11.0. The Morgan fingerprint density at radius 1 is 1.45 bits per heavy atom. The number of fused-ring (bicyclic) bond motifs is 1. The number of nitrogens with one attached hydrogen (secondary N) is 1. The zero-order chi connectivity index (χ0) is 14.3. The van der Waals surface area contributed by atoms with Crippen molar-refractivity contribution in [2.45, 2.75) is 19.1 Å². The van der Waals surface area contributed by atoms with Gasteiger partial charge in [-0.05, 0) is 40.9 Å². The number of amides is 1. The predicted molar refractivity (Wildman–Crippen MR) is 85.2 cm³/mol. The molecule has 20 heavy (non-hydrogen) atoms. The number of anilines is 1. The molecule has 2 heterocycles. The molecule has 1 N–H and O–H groups in total. The topological polar surface area (TPSA) is 41.6 Å². The van der Waals surface area contributed by atoms with Gasteiger partial charge in [0.1, 0.15) is 6.23 Å². The van der Waals surface area contributed by atoms with Gasteiger partial charge in [0, 0.05) is 34.4 Å². The Labute approximate surface area is 134 Å². The molecule has 0 bridgehead atoms. The zero-order valence-corrected chi connectivity index (χ0v) is 14.1. The van der Waals surface area contributed by atoms with E-state index in [0.29, 0.717) is 5.57 Å². The highest BCUT2D eigenvalue weighted by Crippen LogP contribution is 2.40. The van der Waals surface area contributed by atoms with Crippen LogP contribution in [0.15, 0.2) is 27.3 Å². The smallest absolute Gasteiger partial charge is 0.257 e. The first-order valence-corrected chi connectivity index (χ1v) is 8.00. The van der Waals surface area contributed by atoms with Crippen LogP contribution in [0.2, 0.25) is 0 Å². The van der Waals surface area contributed by atoms with Crippen molar-refractivity contribution in [2.75, 3.05) is 19.0 Å². The Balaban J connectivity index is 2.02. The summed E-state index contributed by atoms with van der Waals surface area (Å²) in [5, 5.41) is 2.91. The Hall–Kier alpha value is -0.850. The second kappa shape index (κ2) is 5.50. The Bertz CT molecular complexity index is 601. The van der Waals surface area contributed by atoms with E-state index in [4.69, 9.17) is 4.74 Å². The van der Waals surface area contributed by atoms with Crippen LogP contribution in [-0.2, 0) is 9.53 Å². The number of halogens is 2. The van der Waals surface area contributed by atoms with Gasteiger partial charge in [-0.3, -0.25) is 4.79 Å². The molecule has 1 amide bonds. The van der Waals surface area contributed by atoms with Crippen LogP contribution in [0.25, 0.3) is 5.57 Å². The molecule has 0 aliphatic carbocycles. The molecule has 0 saturated carbocycles. The summed E-state index contributed by atoms with van der Waals surface area (Å²) in [7, 11) is 1.71. The Kier molecular flexibility index (Phi) is 3.88. The van der Waals surface area contributed by atoms with E-state index in [0.717, 1.165) is 39.6 Å². The summed E-state index contributed by atoms with van der Waals surface area (Å²) in [6.07, 6.45) is 4.06. The van der Waals surface area contributed by atoms with Crippen LogP contribution in [0.1, 0.15) is 18.4 Å². The van der Waals surface area contributed by atoms with Crippen molar-refractivity contribution in [2.24, 2.45) is 0 Å². The molecule has 4 nitrogen and oxygen atoms in total. The summed E-state index contributed by atoms with van der Waals surface area (Å²) >= 11 is 6.95. The standard InChI is InChI=1S/C14H14Br2N2O2/c1-20-12-3-2-4-18(12)7-10-9-5-8(15)6-11(16)13(9)17-14(10)19/h5-7,12H,2-4H2,1H3,(H,17,19). The van der Waals surface area contributed by atoms with Gasteiger partial charge in [0.15, 0.2) is 0 Å². The summed E-state index contributed by atoms with van der Waals surface area (Å²) in [4.78, 5) is 14.3. The molecule has 106 valence electrons. The molecule has 1 unspecified atom stereocenters. The molecule has 0 radical (unpaired) electrons. The first-order chi connectivity index (χ1) is 9.60. The van der Waals surface area contributed by atoms with E-state index in [1.54, 1.807) is 7.11 Å². The monoisotopic (exact) mass is 400 g/mol. The number of benzene rings is 1. The number of carbonyl (C=O) groups is 1. The van der Waals surface area contributed by atoms with Crippen molar-refractivity contribution >= 4 is 49.0 Å². The lowest BCUT2D eigenvalue weighted by molar-refractivity contribution is -0.110. The predicted octanol–water partition coefficient (Wildman–Crippen LogP) is 3.57.